The van der Waals surface area contributed by atoms with Crippen LogP contribution >= 0.6 is 0 Å². The number of methoxy groups -OCH3 is 1. The average molecular weight is 406 g/mol. The summed E-state index contributed by atoms with van der Waals surface area (Å²) >= 11 is 0. The molecule has 0 spiro atoms. The van der Waals surface area contributed by atoms with Crippen molar-refractivity contribution in [3.05, 3.63) is 59.3 Å². The predicted molar refractivity (Wildman–Crippen MR) is 110 cm³/mol. The smallest absolute Gasteiger partial charge is 0.316 e. The molecule has 154 valence electrons. The average Bonchev–Trinajstić information content (AvgIpc) is 3.14. The molecule has 3 aliphatic rings. The Bertz CT molecular complexity index is 1080. The molecule has 2 aromatic carbocycles. The van der Waals surface area contributed by atoms with Gasteiger partial charge in [0.15, 0.2) is 17.3 Å². The maximum atomic E-state index is 13.6. The summed E-state index contributed by atoms with van der Waals surface area (Å²) in [5.74, 6) is -0.385. The van der Waals surface area contributed by atoms with Crippen LogP contribution in [-0.4, -0.2) is 25.7 Å². The fourth-order valence-corrected chi connectivity index (χ4v) is 4.48. The highest BCUT2D eigenvalue weighted by Crippen LogP contribution is 2.45. The summed E-state index contributed by atoms with van der Waals surface area (Å²) in [6.07, 6.45) is 0.567. The first-order valence-electron chi connectivity index (χ1n) is 9.94. The molecule has 0 aromatic heterocycles. The number of benzene rings is 2. The number of allylic oxidation sites excluding steroid dienone is 1. The van der Waals surface area contributed by atoms with Gasteiger partial charge in [0.1, 0.15) is 5.92 Å². The lowest BCUT2D eigenvalue weighted by molar-refractivity contribution is -0.151. The number of para-hydroxylation sites is 2. The molecule has 30 heavy (non-hydrogen) atoms. The van der Waals surface area contributed by atoms with Crippen LogP contribution in [0.5, 0.6) is 11.5 Å². The molecule has 0 radical (unpaired) electrons. The maximum Gasteiger partial charge on any atom is 0.316 e. The number of hydrogen-bond donors (Lipinski definition) is 2. The lowest BCUT2D eigenvalue weighted by Gasteiger charge is -2.32. The van der Waals surface area contributed by atoms with E-state index in [2.05, 4.69) is 10.6 Å². The van der Waals surface area contributed by atoms with Crippen LogP contribution in [0.15, 0.2) is 53.7 Å². The summed E-state index contributed by atoms with van der Waals surface area (Å²) in [6.45, 7) is 2.08. The molecule has 3 atom stereocenters. The Labute approximate surface area is 174 Å². The van der Waals surface area contributed by atoms with E-state index >= 15 is 0 Å². The van der Waals surface area contributed by atoms with Crippen LogP contribution in [0.4, 0.5) is 11.4 Å². The van der Waals surface area contributed by atoms with Crippen LogP contribution in [0.1, 0.15) is 24.9 Å². The molecule has 1 aliphatic carbocycles. The zero-order valence-corrected chi connectivity index (χ0v) is 16.7. The van der Waals surface area contributed by atoms with Gasteiger partial charge in [-0.3, -0.25) is 9.59 Å². The van der Waals surface area contributed by atoms with Crippen LogP contribution in [-0.2, 0) is 14.3 Å². The third-order valence-electron chi connectivity index (χ3n) is 5.95. The number of ketones is 1. The molecule has 7 nitrogen and oxygen atoms in total. The molecule has 0 bridgehead atoms. The minimum Gasteiger partial charge on any atom is -0.468 e. The molecule has 2 aliphatic heterocycles. The quantitative estimate of drug-likeness (QED) is 0.582. The standard InChI is InChI=1S/C23H22N2O5/c1-12-9-16-20(22(26)19(12)23(27)28-2)21(25-15-6-4-3-5-14(15)24-16)13-7-8-17-18(10-13)30-11-29-17/h3-8,10,12,19,21,24-25H,9,11H2,1-2H3/t12-,19-,21-/m0/s1. The number of esters is 1. The molecule has 0 amide bonds. The van der Waals surface area contributed by atoms with Crippen molar-refractivity contribution in [1.82, 2.24) is 0 Å². The molecule has 7 heteroatoms. The van der Waals surface area contributed by atoms with Crippen molar-refractivity contribution < 1.29 is 23.8 Å². The van der Waals surface area contributed by atoms with Crippen LogP contribution in [0.3, 0.4) is 0 Å². The van der Waals surface area contributed by atoms with E-state index in [1.165, 1.54) is 7.11 Å². The van der Waals surface area contributed by atoms with E-state index in [1.807, 2.05) is 49.4 Å². The Hall–Kier alpha value is -3.48. The summed E-state index contributed by atoms with van der Waals surface area (Å²) in [5, 5.41) is 6.94. The van der Waals surface area contributed by atoms with E-state index in [9.17, 15) is 9.59 Å². The van der Waals surface area contributed by atoms with Gasteiger partial charge >= 0.3 is 5.97 Å². The zero-order valence-electron chi connectivity index (χ0n) is 16.7. The van der Waals surface area contributed by atoms with E-state index in [0.29, 0.717) is 23.5 Å². The number of hydrogen-bond acceptors (Lipinski definition) is 7. The minimum absolute atomic E-state index is 0.168. The highest BCUT2D eigenvalue weighted by Gasteiger charge is 2.44. The molecule has 2 heterocycles. The fourth-order valence-electron chi connectivity index (χ4n) is 4.48. The number of rotatable bonds is 2. The zero-order chi connectivity index (χ0) is 20.8. The Morgan fingerprint density at radius 1 is 1.10 bits per heavy atom. The van der Waals surface area contributed by atoms with Gasteiger partial charge in [0.25, 0.3) is 0 Å². The molecule has 0 saturated carbocycles. The van der Waals surface area contributed by atoms with Crippen molar-refractivity contribution in [3.8, 4) is 11.5 Å². The van der Waals surface area contributed by atoms with Crippen molar-refractivity contribution in [2.45, 2.75) is 19.4 Å². The van der Waals surface area contributed by atoms with E-state index in [4.69, 9.17) is 14.2 Å². The monoisotopic (exact) mass is 406 g/mol. The number of fused-ring (bicyclic) bond motifs is 2. The van der Waals surface area contributed by atoms with Gasteiger partial charge in [-0.05, 0) is 42.2 Å². The van der Waals surface area contributed by atoms with Gasteiger partial charge in [-0.15, -0.1) is 0 Å². The van der Waals surface area contributed by atoms with Crippen molar-refractivity contribution in [3.63, 3.8) is 0 Å². The molecule has 0 unspecified atom stereocenters. The van der Waals surface area contributed by atoms with E-state index in [-0.39, 0.29) is 18.5 Å². The number of ether oxygens (including phenoxy) is 3. The first-order chi connectivity index (χ1) is 14.6. The summed E-state index contributed by atoms with van der Waals surface area (Å²) in [7, 11) is 1.32. The minimum atomic E-state index is -0.824. The predicted octanol–water partition coefficient (Wildman–Crippen LogP) is 3.65. The summed E-state index contributed by atoms with van der Waals surface area (Å²) in [6, 6.07) is 13.0. The van der Waals surface area contributed by atoms with E-state index < -0.39 is 17.9 Å². The van der Waals surface area contributed by atoms with Gasteiger partial charge in [0.05, 0.1) is 24.5 Å². The number of anilines is 2. The second-order valence-electron chi connectivity index (χ2n) is 7.80. The largest absolute Gasteiger partial charge is 0.468 e. The van der Waals surface area contributed by atoms with Crippen molar-refractivity contribution in [1.29, 1.82) is 0 Å². The Morgan fingerprint density at radius 3 is 2.67 bits per heavy atom. The molecule has 0 fully saturated rings. The second kappa shape index (κ2) is 7.09. The van der Waals surface area contributed by atoms with Crippen molar-refractivity contribution >= 4 is 23.1 Å². The Kier molecular flexibility index (Phi) is 4.38. The van der Waals surface area contributed by atoms with Gasteiger partial charge in [-0.25, -0.2) is 0 Å². The Morgan fingerprint density at radius 2 is 1.87 bits per heavy atom. The molecule has 2 aromatic rings. The van der Waals surface area contributed by atoms with Gasteiger partial charge in [-0.2, -0.15) is 0 Å². The van der Waals surface area contributed by atoms with Crippen molar-refractivity contribution in [2.75, 3.05) is 24.5 Å². The fraction of sp³-hybridized carbons (Fsp3) is 0.304. The highest BCUT2D eigenvalue weighted by atomic mass is 16.7. The normalized spacial score (nSPS) is 24.2. The maximum absolute atomic E-state index is 13.6. The van der Waals surface area contributed by atoms with Crippen LogP contribution in [0, 0.1) is 11.8 Å². The van der Waals surface area contributed by atoms with Gasteiger partial charge in [0, 0.05) is 11.3 Å². The second-order valence-corrected chi connectivity index (χ2v) is 7.80. The molecule has 0 saturated heterocycles. The summed E-state index contributed by atoms with van der Waals surface area (Å²) < 4.78 is 15.9. The first-order valence-corrected chi connectivity index (χ1v) is 9.94. The number of nitrogens with one attached hydrogen (secondary N) is 2. The molecule has 5 rings (SSSR count). The van der Waals surface area contributed by atoms with Crippen LogP contribution in [0.2, 0.25) is 0 Å². The number of carbonyl (C=O) groups is 2. The lowest BCUT2D eigenvalue weighted by Crippen LogP contribution is -2.39. The SMILES string of the molecule is COC(=O)[C@@H]1C(=O)C2=C(C[C@@H]1C)Nc1ccccc1N[C@H]2c1ccc2c(c1)OCO2. The van der Waals surface area contributed by atoms with E-state index in [1.54, 1.807) is 0 Å². The van der Waals surface area contributed by atoms with Crippen molar-refractivity contribution in [2.24, 2.45) is 11.8 Å². The van der Waals surface area contributed by atoms with Gasteiger partial charge in [0.2, 0.25) is 6.79 Å². The highest BCUT2D eigenvalue weighted by molar-refractivity contribution is 6.11. The van der Waals surface area contributed by atoms with E-state index in [0.717, 1.165) is 22.6 Å². The van der Waals surface area contributed by atoms with Crippen LogP contribution in [0.25, 0.3) is 0 Å². The summed E-state index contributed by atoms with van der Waals surface area (Å²) in [5.41, 5.74) is 4.01. The topological polar surface area (TPSA) is 85.9 Å². The number of Topliss-reactive ketones (excluding diaryl/α,β-unsaturated/α-hetero) is 1. The summed E-state index contributed by atoms with van der Waals surface area (Å²) in [4.78, 5) is 26.0. The third kappa shape index (κ3) is 2.89. The van der Waals surface area contributed by atoms with Gasteiger partial charge in [-0.1, -0.05) is 25.1 Å². The molecular weight excluding hydrogens is 384 g/mol. The first kappa shape index (κ1) is 18.5. The van der Waals surface area contributed by atoms with Crippen LogP contribution < -0.4 is 20.1 Å². The molecule has 2 N–H and O–H groups in total. The molecular formula is C23H22N2O5. The van der Waals surface area contributed by atoms with Gasteiger partial charge < -0.3 is 24.8 Å². The third-order valence-corrected chi connectivity index (χ3v) is 5.95. The lowest BCUT2D eigenvalue weighted by atomic mass is 9.75. The number of carbonyl (C=O) groups excluding carboxylic acids is 2. The Balaban J connectivity index is 1.66.